The molecule has 0 radical (unpaired) electrons. The zero-order chi connectivity index (χ0) is 16.9. The maximum atomic E-state index is 12.5. The van der Waals surface area contributed by atoms with E-state index in [2.05, 4.69) is 0 Å². The molecule has 0 bridgehead atoms. The van der Waals surface area contributed by atoms with Gasteiger partial charge in [-0.1, -0.05) is 12.1 Å². The van der Waals surface area contributed by atoms with Crippen molar-refractivity contribution in [2.24, 2.45) is 5.92 Å². The summed E-state index contributed by atoms with van der Waals surface area (Å²) < 4.78 is 30.1. The first-order valence-electron chi connectivity index (χ1n) is 7.83. The van der Waals surface area contributed by atoms with Gasteiger partial charge >= 0.3 is 5.97 Å². The first-order valence-corrected chi connectivity index (χ1v) is 9.55. The van der Waals surface area contributed by atoms with Crippen LogP contribution in [-0.2, 0) is 25.1 Å². The van der Waals surface area contributed by atoms with Gasteiger partial charge in [0.15, 0.2) is 9.84 Å². The molecular weight excluding hydrogens is 314 g/mol. The third-order valence-electron chi connectivity index (χ3n) is 4.25. The number of nitriles is 1. The number of hydrogen-bond donors (Lipinski definition) is 0. The quantitative estimate of drug-likeness (QED) is 0.772. The molecule has 0 saturated heterocycles. The van der Waals surface area contributed by atoms with Crippen molar-refractivity contribution >= 4 is 15.8 Å². The second-order valence-corrected chi connectivity index (χ2v) is 8.12. The van der Waals surface area contributed by atoms with E-state index < -0.39 is 15.1 Å². The molecule has 0 amide bonds. The van der Waals surface area contributed by atoms with Gasteiger partial charge in [0.1, 0.15) is 0 Å². The molecule has 0 spiro atoms. The van der Waals surface area contributed by atoms with E-state index in [4.69, 9.17) is 10.00 Å². The predicted molar refractivity (Wildman–Crippen MR) is 86.2 cm³/mol. The second kappa shape index (κ2) is 7.60. The van der Waals surface area contributed by atoms with Gasteiger partial charge in [-0.3, -0.25) is 4.79 Å². The van der Waals surface area contributed by atoms with Crippen LogP contribution in [0.5, 0.6) is 0 Å². The molecule has 6 heteroatoms. The standard InChI is InChI=1S/C17H21NO4S/c1-2-22-17(19)15-7-9-16(10-8-15)23(20,21)12-14-5-3-13(11-18)4-6-14/h3-6,15-16H,2,7-10,12H2,1H3. The molecule has 5 nitrogen and oxygen atoms in total. The van der Waals surface area contributed by atoms with Gasteiger partial charge in [0.25, 0.3) is 0 Å². The lowest BCUT2D eigenvalue weighted by atomic mass is 9.89. The Bertz CT molecular complexity index is 680. The van der Waals surface area contributed by atoms with Crippen molar-refractivity contribution in [1.82, 2.24) is 0 Å². The molecule has 0 unspecified atom stereocenters. The van der Waals surface area contributed by atoms with Gasteiger partial charge in [-0.25, -0.2) is 8.42 Å². The minimum absolute atomic E-state index is 0.0204. The van der Waals surface area contributed by atoms with Gasteiger partial charge in [-0.05, 0) is 50.3 Å². The molecule has 1 aromatic carbocycles. The molecular formula is C17H21NO4S. The average Bonchev–Trinajstić information content (AvgIpc) is 2.55. The minimum Gasteiger partial charge on any atom is -0.466 e. The maximum absolute atomic E-state index is 12.5. The molecule has 0 aliphatic heterocycles. The van der Waals surface area contributed by atoms with Gasteiger partial charge in [0.2, 0.25) is 0 Å². The molecule has 1 aliphatic rings. The molecule has 0 aromatic heterocycles. The summed E-state index contributed by atoms with van der Waals surface area (Å²) in [6.45, 7) is 2.13. The summed E-state index contributed by atoms with van der Waals surface area (Å²) >= 11 is 0. The third kappa shape index (κ3) is 4.55. The first kappa shape index (κ1) is 17.5. The van der Waals surface area contributed by atoms with E-state index in [0.29, 0.717) is 43.4 Å². The fourth-order valence-electron chi connectivity index (χ4n) is 2.94. The van der Waals surface area contributed by atoms with E-state index in [1.165, 1.54) is 0 Å². The van der Waals surface area contributed by atoms with Gasteiger partial charge in [-0.2, -0.15) is 5.26 Å². The molecule has 0 N–H and O–H groups in total. The Labute approximate surface area is 137 Å². The lowest BCUT2D eigenvalue weighted by Gasteiger charge is -2.27. The normalized spacial score (nSPS) is 21.4. The van der Waals surface area contributed by atoms with E-state index in [0.717, 1.165) is 0 Å². The van der Waals surface area contributed by atoms with Crippen molar-refractivity contribution in [2.45, 2.75) is 43.6 Å². The fraction of sp³-hybridized carbons (Fsp3) is 0.529. The molecule has 0 heterocycles. The Kier molecular flexibility index (Phi) is 5.78. The van der Waals surface area contributed by atoms with Gasteiger partial charge in [0, 0.05) is 0 Å². The van der Waals surface area contributed by atoms with E-state index in [9.17, 15) is 13.2 Å². The van der Waals surface area contributed by atoms with Crippen LogP contribution in [-0.4, -0.2) is 26.2 Å². The smallest absolute Gasteiger partial charge is 0.308 e. The Morgan fingerprint density at radius 3 is 2.35 bits per heavy atom. The van der Waals surface area contributed by atoms with Crippen LogP contribution in [0, 0.1) is 17.2 Å². The van der Waals surface area contributed by atoms with E-state index in [1.807, 2.05) is 6.07 Å². The highest BCUT2D eigenvalue weighted by atomic mass is 32.2. The summed E-state index contributed by atoms with van der Waals surface area (Å²) in [5.74, 6) is -0.403. The fourth-order valence-corrected chi connectivity index (χ4v) is 4.83. The Balaban J connectivity index is 1.96. The number of nitrogens with zero attached hydrogens (tertiary/aromatic N) is 1. The number of rotatable bonds is 5. The number of sulfone groups is 1. The lowest BCUT2D eigenvalue weighted by molar-refractivity contribution is -0.149. The lowest BCUT2D eigenvalue weighted by Crippen LogP contribution is -2.31. The number of esters is 1. The molecule has 1 aromatic rings. The summed E-state index contributed by atoms with van der Waals surface area (Å²) in [7, 11) is -3.25. The summed E-state index contributed by atoms with van der Waals surface area (Å²) in [4.78, 5) is 11.7. The van der Waals surface area contributed by atoms with E-state index in [-0.39, 0.29) is 17.6 Å². The Morgan fingerprint density at radius 2 is 1.83 bits per heavy atom. The summed E-state index contributed by atoms with van der Waals surface area (Å²) in [6.07, 6.45) is 2.14. The van der Waals surface area contributed by atoms with Gasteiger partial charge < -0.3 is 4.74 Å². The summed E-state index contributed by atoms with van der Waals surface area (Å²) in [5, 5.41) is 8.37. The highest BCUT2D eigenvalue weighted by molar-refractivity contribution is 7.91. The predicted octanol–water partition coefficient (Wildman–Crippen LogP) is 2.59. The molecule has 124 valence electrons. The van der Waals surface area contributed by atoms with Crippen LogP contribution in [0.1, 0.15) is 43.7 Å². The number of benzene rings is 1. The summed E-state index contributed by atoms with van der Waals surface area (Å²) in [5.41, 5.74) is 1.21. The number of carbonyl (C=O) groups is 1. The molecule has 2 rings (SSSR count). The molecule has 23 heavy (non-hydrogen) atoms. The minimum atomic E-state index is -3.25. The number of carbonyl (C=O) groups excluding carboxylic acids is 1. The van der Waals surface area contributed by atoms with Crippen LogP contribution in [0.4, 0.5) is 0 Å². The second-order valence-electron chi connectivity index (χ2n) is 5.84. The van der Waals surface area contributed by atoms with Crippen molar-refractivity contribution in [3.8, 4) is 6.07 Å². The van der Waals surface area contributed by atoms with Crippen LogP contribution >= 0.6 is 0 Å². The first-order chi connectivity index (χ1) is 11.0. The number of ether oxygens (including phenoxy) is 1. The summed E-state index contributed by atoms with van der Waals surface area (Å²) in [6, 6.07) is 8.63. The SMILES string of the molecule is CCOC(=O)C1CCC(S(=O)(=O)Cc2ccc(C#N)cc2)CC1. The van der Waals surface area contributed by atoms with Crippen molar-refractivity contribution in [3.63, 3.8) is 0 Å². The van der Waals surface area contributed by atoms with Crippen molar-refractivity contribution in [2.75, 3.05) is 6.61 Å². The highest BCUT2D eigenvalue weighted by Crippen LogP contribution is 2.31. The van der Waals surface area contributed by atoms with Crippen molar-refractivity contribution in [1.29, 1.82) is 5.26 Å². The van der Waals surface area contributed by atoms with Crippen LogP contribution in [0.2, 0.25) is 0 Å². The molecule has 0 atom stereocenters. The maximum Gasteiger partial charge on any atom is 0.308 e. The van der Waals surface area contributed by atoms with Crippen LogP contribution in [0.15, 0.2) is 24.3 Å². The van der Waals surface area contributed by atoms with E-state index >= 15 is 0 Å². The largest absolute Gasteiger partial charge is 0.466 e. The Hall–Kier alpha value is -1.87. The van der Waals surface area contributed by atoms with E-state index in [1.54, 1.807) is 31.2 Å². The van der Waals surface area contributed by atoms with Crippen LogP contribution in [0.25, 0.3) is 0 Å². The van der Waals surface area contributed by atoms with Crippen molar-refractivity contribution in [3.05, 3.63) is 35.4 Å². The average molecular weight is 335 g/mol. The van der Waals surface area contributed by atoms with Crippen molar-refractivity contribution < 1.29 is 17.9 Å². The van der Waals surface area contributed by atoms with Crippen LogP contribution in [0.3, 0.4) is 0 Å². The van der Waals surface area contributed by atoms with Gasteiger partial charge in [-0.15, -0.1) is 0 Å². The highest BCUT2D eigenvalue weighted by Gasteiger charge is 2.33. The zero-order valence-corrected chi connectivity index (χ0v) is 14.0. The molecule has 1 fully saturated rings. The molecule has 1 saturated carbocycles. The topological polar surface area (TPSA) is 84.2 Å². The van der Waals surface area contributed by atoms with Gasteiger partial charge in [0.05, 0.1) is 35.2 Å². The number of hydrogen-bond acceptors (Lipinski definition) is 5. The third-order valence-corrected chi connectivity index (χ3v) is 6.48. The monoisotopic (exact) mass is 335 g/mol. The molecule has 1 aliphatic carbocycles. The van der Waals surface area contributed by atoms with Crippen LogP contribution < -0.4 is 0 Å². The Morgan fingerprint density at radius 1 is 1.22 bits per heavy atom. The zero-order valence-electron chi connectivity index (χ0n) is 13.2.